The first-order valence-corrected chi connectivity index (χ1v) is 11.1. The predicted octanol–water partition coefficient (Wildman–Crippen LogP) is 4.81. The number of amides is 1. The van der Waals surface area contributed by atoms with Crippen LogP contribution in [-0.4, -0.2) is 20.8 Å². The smallest absolute Gasteiger partial charge is 0.242 e. The van der Waals surface area contributed by atoms with E-state index in [4.69, 9.17) is 5.84 Å². The lowest BCUT2D eigenvalue weighted by molar-refractivity contribution is -0.115. The highest BCUT2D eigenvalue weighted by atomic mass is 32.2. The van der Waals surface area contributed by atoms with Gasteiger partial charge in [-0.1, -0.05) is 60.3 Å². The molecule has 2 aromatic heterocycles. The van der Waals surface area contributed by atoms with Crippen LogP contribution in [0.15, 0.2) is 71.2 Å². The van der Waals surface area contributed by atoms with E-state index in [0.29, 0.717) is 11.0 Å². The monoisotopic (exact) mass is 435 g/mol. The van der Waals surface area contributed by atoms with Gasteiger partial charge in [-0.15, -0.1) is 21.5 Å². The minimum absolute atomic E-state index is 0.138. The molecule has 0 saturated heterocycles. The van der Waals surface area contributed by atoms with Crippen LogP contribution in [0.4, 0.5) is 5.69 Å². The predicted molar refractivity (Wildman–Crippen MR) is 123 cm³/mol. The molecule has 0 bridgehead atoms. The number of nitrogens with zero attached hydrogens (tertiary/aromatic N) is 3. The Balaban J connectivity index is 1.64. The molecule has 4 rings (SSSR count). The summed E-state index contributed by atoms with van der Waals surface area (Å²) < 4.78 is 1.44. The topological polar surface area (TPSA) is 85.8 Å². The molecule has 0 fully saturated rings. The van der Waals surface area contributed by atoms with Gasteiger partial charge in [0.25, 0.3) is 0 Å². The van der Waals surface area contributed by atoms with Crippen molar-refractivity contribution in [2.45, 2.75) is 24.3 Å². The van der Waals surface area contributed by atoms with E-state index >= 15 is 0 Å². The number of nitrogen functional groups attached to an aromatic ring is 1. The fraction of sp³-hybridized carbons (Fsp3) is 0.136. The van der Waals surface area contributed by atoms with E-state index in [0.717, 1.165) is 27.3 Å². The van der Waals surface area contributed by atoms with E-state index in [1.165, 1.54) is 27.8 Å². The van der Waals surface area contributed by atoms with Gasteiger partial charge in [0.2, 0.25) is 11.1 Å². The highest BCUT2D eigenvalue weighted by Gasteiger charge is 2.26. The van der Waals surface area contributed by atoms with Crippen LogP contribution in [0.25, 0.3) is 10.7 Å². The van der Waals surface area contributed by atoms with Crippen LogP contribution in [0.2, 0.25) is 0 Å². The standard InChI is InChI=1S/C22H21N5OS2/c1-14-10-11-15(2)17(13-14)24-21(28)19(16-7-4-3-5-8-16)30-22-26-25-20(27(22)23)18-9-6-12-29-18/h3-13,19H,23H2,1-2H3,(H,24,28)/t19-/m1/s1. The molecule has 30 heavy (non-hydrogen) atoms. The van der Waals surface area contributed by atoms with Gasteiger partial charge in [0, 0.05) is 5.69 Å². The number of thiophene rings is 1. The Labute approximate surface area is 183 Å². The number of hydrogen-bond donors (Lipinski definition) is 2. The quantitative estimate of drug-likeness (QED) is 0.335. The third-order valence-electron chi connectivity index (χ3n) is 4.62. The van der Waals surface area contributed by atoms with Crippen LogP contribution < -0.4 is 11.2 Å². The number of aromatic nitrogens is 3. The first-order valence-electron chi connectivity index (χ1n) is 9.37. The molecule has 0 aliphatic carbocycles. The number of rotatable bonds is 6. The minimum atomic E-state index is -0.534. The van der Waals surface area contributed by atoms with Crippen LogP contribution in [0.1, 0.15) is 21.9 Å². The number of nitrogens with one attached hydrogen (secondary N) is 1. The molecule has 6 nitrogen and oxygen atoms in total. The van der Waals surface area contributed by atoms with Crippen molar-refractivity contribution in [2.75, 3.05) is 11.2 Å². The second-order valence-corrected chi connectivity index (χ2v) is 8.89. The number of anilines is 1. The lowest BCUT2D eigenvalue weighted by Gasteiger charge is -2.17. The number of carbonyl (C=O) groups is 1. The molecule has 0 aliphatic rings. The van der Waals surface area contributed by atoms with Crippen molar-refractivity contribution in [1.29, 1.82) is 0 Å². The molecule has 8 heteroatoms. The van der Waals surface area contributed by atoms with E-state index in [2.05, 4.69) is 15.5 Å². The Morgan fingerprint density at radius 2 is 1.90 bits per heavy atom. The van der Waals surface area contributed by atoms with Gasteiger partial charge in [0.1, 0.15) is 5.25 Å². The minimum Gasteiger partial charge on any atom is -0.335 e. The summed E-state index contributed by atoms with van der Waals surface area (Å²) in [5.74, 6) is 6.70. The Hall–Kier alpha value is -3.10. The van der Waals surface area contributed by atoms with Gasteiger partial charge in [-0.05, 0) is 48.1 Å². The fourth-order valence-electron chi connectivity index (χ4n) is 3.01. The van der Waals surface area contributed by atoms with Gasteiger partial charge in [-0.2, -0.15) is 0 Å². The SMILES string of the molecule is Cc1ccc(C)c(NC(=O)[C@H](Sc2nnc(-c3cccs3)n2N)c2ccccc2)c1. The van der Waals surface area contributed by atoms with Gasteiger partial charge in [-0.3, -0.25) is 4.79 Å². The Morgan fingerprint density at radius 3 is 2.63 bits per heavy atom. The lowest BCUT2D eigenvalue weighted by Crippen LogP contribution is -2.21. The summed E-state index contributed by atoms with van der Waals surface area (Å²) in [5.41, 5.74) is 3.76. The molecule has 1 amide bonds. The van der Waals surface area contributed by atoms with Crippen molar-refractivity contribution in [1.82, 2.24) is 14.9 Å². The molecule has 3 N–H and O–H groups in total. The summed E-state index contributed by atoms with van der Waals surface area (Å²) in [6, 6.07) is 19.5. The maximum Gasteiger partial charge on any atom is 0.242 e. The van der Waals surface area contributed by atoms with Gasteiger partial charge < -0.3 is 11.2 Å². The van der Waals surface area contributed by atoms with E-state index in [1.807, 2.05) is 79.9 Å². The lowest BCUT2D eigenvalue weighted by atomic mass is 10.1. The molecule has 0 spiro atoms. The average molecular weight is 436 g/mol. The molecule has 1 atom stereocenters. The first kappa shape index (κ1) is 20.2. The maximum absolute atomic E-state index is 13.3. The van der Waals surface area contributed by atoms with Gasteiger partial charge in [-0.25, -0.2) is 4.68 Å². The largest absolute Gasteiger partial charge is 0.335 e. The number of aryl methyl sites for hydroxylation is 2. The Morgan fingerprint density at radius 1 is 1.10 bits per heavy atom. The first-order chi connectivity index (χ1) is 14.5. The summed E-state index contributed by atoms with van der Waals surface area (Å²) in [4.78, 5) is 14.2. The molecule has 0 saturated carbocycles. The normalized spacial score (nSPS) is 11.9. The van der Waals surface area contributed by atoms with Crippen molar-refractivity contribution in [2.24, 2.45) is 0 Å². The van der Waals surface area contributed by atoms with Crippen LogP contribution >= 0.6 is 23.1 Å². The van der Waals surface area contributed by atoms with Gasteiger partial charge in [0.05, 0.1) is 4.88 Å². The Bertz CT molecular complexity index is 1160. The van der Waals surface area contributed by atoms with Crippen molar-refractivity contribution >= 4 is 34.7 Å². The molecule has 4 aromatic rings. The fourth-order valence-corrected chi connectivity index (χ4v) is 4.67. The average Bonchev–Trinajstić information content (AvgIpc) is 3.39. The molecular weight excluding hydrogens is 414 g/mol. The van der Waals surface area contributed by atoms with E-state index in [9.17, 15) is 4.79 Å². The molecule has 2 heterocycles. The number of thioether (sulfide) groups is 1. The highest BCUT2D eigenvalue weighted by molar-refractivity contribution is 8.00. The highest BCUT2D eigenvalue weighted by Crippen LogP contribution is 2.36. The van der Waals surface area contributed by atoms with Crippen molar-refractivity contribution < 1.29 is 4.79 Å². The third kappa shape index (κ3) is 4.24. The van der Waals surface area contributed by atoms with Crippen molar-refractivity contribution in [3.63, 3.8) is 0 Å². The third-order valence-corrected chi connectivity index (χ3v) is 6.70. The summed E-state index contributed by atoms with van der Waals surface area (Å²) in [6.45, 7) is 3.98. The van der Waals surface area contributed by atoms with Crippen LogP contribution in [0.5, 0.6) is 0 Å². The number of carbonyl (C=O) groups excluding carboxylic acids is 1. The zero-order chi connectivity index (χ0) is 21.1. The second-order valence-electron chi connectivity index (χ2n) is 6.87. The van der Waals surface area contributed by atoms with Crippen molar-refractivity contribution in [3.8, 4) is 10.7 Å². The summed E-state index contributed by atoms with van der Waals surface area (Å²) >= 11 is 2.82. The maximum atomic E-state index is 13.3. The van der Waals surface area contributed by atoms with E-state index in [1.54, 1.807) is 0 Å². The number of hydrogen-bond acceptors (Lipinski definition) is 6. The Kier molecular flexibility index (Phi) is 5.87. The molecule has 2 aromatic carbocycles. The summed E-state index contributed by atoms with van der Waals surface area (Å²) in [6.07, 6.45) is 0. The summed E-state index contributed by atoms with van der Waals surface area (Å²) in [5, 5.41) is 13.4. The van der Waals surface area contributed by atoms with Crippen molar-refractivity contribution in [3.05, 3.63) is 82.7 Å². The zero-order valence-electron chi connectivity index (χ0n) is 16.6. The number of benzene rings is 2. The second kappa shape index (κ2) is 8.73. The van der Waals surface area contributed by atoms with E-state index in [-0.39, 0.29) is 5.91 Å². The van der Waals surface area contributed by atoms with Gasteiger partial charge >= 0.3 is 0 Å². The molecule has 0 unspecified atom stereocenters. The van der Waals surface area contributed by atoms with Gasteiger partial charge in [0.15, 0.2) is 5.82 Å². The zero-order valence-corrected chi connectivity index (χ0v) is 18.2. The van der Waals surface area contributed by atoms with Crippen LogP contribution in [-0.2, 0) is 4.79 Å². The number of nitrogens with two attached hydrogens (primary N) is 1. The molecular formula is C22H21N5OS2. The van der Waals surface area contributed by atoms with Crippen LogP contribution in [0, 0.1) is 13.8 Å². The summed E-state index contributed by atoms with van der Waals surface area (Å²) in [7, 11) is 0. The molecule has 0 aliphatic heterocycles. The van der Waals surface area contributed by atoms with E-state index < -0.39 is 5.25 Å². The van der Waals surface area contributed by atoms with Crippen LogP contribution in [0.3, 0.4) is 0 Å². The molecule has 152 valence electrons. The molecule has 0 radical (unpaired) electrons.